The SMILES string of the molecule is CC(C)c1cccc(C(C)C)c1-c1cccc(-c2c(C(C)C)cccc2C(C)C)c1ON[Si](C)(C)C. The summed E-state index contributed by atoms with van der Waals surface area (Å²) >= 11 is 0. The molecule has 0 fully saturated rings. The number of benzene rings is 3. The van der Waals surface area contributed by atoms with Crippen molar-refractivity contribution in [3.05, 3.63) is 76.9 Å². The Morgan fingerprint density at radius 1 is 0.528 bits per heavy atom. The number of nitrogens with one attached hydrogen (secondary N) is 1. The van der Waals surface area contributed by atoms with Gasteiger partial charge in [-0.2, -0.15) is 5.15 Å². The molecule has 0 unspecified atom stereocenters. The predicted octanol–water partition coefficient (Wildman–Crippen LogP) is 10.2. The Hall–Kier alpha value is -2.36. The van der Waals surface area contributed by atoms with Crippen LogP contribution in [0.2, 0.25) is 19.6 Å². The van der Waals surface area contributed by atoms with Crippen molar-refractivity contribution in [2.24, 2.45) is 0 Å². The van der Waals surface area contributed by atoms with Crippen LogP contribution in [0.5, 0.6) is 5.75 Å². The van der Waals surface area contributed by atoms with Gasteiger partial charge in [-0.05, 0) is 57.1 Å². The Balaban J connectivity index is 2.46. The first-order valence-corrected chi connectivity index (χ1v) is 17.2. The van der Waals surface area contributed by atoms with E-state index in [2.05, 4.69) is 135 Å². The van der Waals surface area contributed by atoms with Crippen LogP contribution in [0.1, 0.15) is 101 Å². The minimum atomic E-state index is -1.70. The van der Waals surface area contributed by atoms with Crippen molar-refractivity contribution in [2.75, 3.05) is 0 Å². The summed E-state index contributed by atoms with van der Waals surface area (Å²) in [6, 6.07) is 20.3. The third-order valence-electron chi connectivity index (χ3n) is 6.76. The molecule has 3 aromatic rings. The van der Waals surface area contributed by atoms with Crippen LogP contribution in [-0.2, 0) is 0 Å². The maximum atomic E-state index is 6.69. The van der Waals surface area contributed by atoms with E-state index in [-0.39, 0.29) is 0 Å². The third kappa shape index (κ3) is 6.12. The van der Waals surface area contributed by atoms with Crippen LogP contribution >= 0.6 is 0 Å². The number of rotatable bonds is 9. The topological polar surface area (TPSA) is 21.3 Å². The maximum Gasteiger partial charge on any atom is 0.161 e. The molecule has 0 heterocycles. The van der Waals surface area contributed by atoms with Gasteiger partial charge < -0.3 is 4.84 Å². The number of para-hydroxylation sites is 1. The van der Waals surface area contributed by atoms with E-state index in [0.29, 0.717) is 23.7 Å². The molecule has 0 bridgehead atoms. The van der Waals surface area contributed by atoms with Crippen molar-refractivity contribution in [1.82, 2.24) is 5.15 Å². The second-order valence-corrected chi connectivity index (χ2v) is 17.1. The van der Waals surface area contributed by atoms with E-state index in [1.807, 2.05) is 0 Å². The van der Waals surface area contributed by atoms with Gasteiger partial charge in [0.15, 0.2) is 14.0 Å². The lowest BCUT2D eigenvalue weighted by Crippen LogP contribution is -2.43. The monoisotopic (exact) mass is 501 g/mol. The zero-order valence-corrected chi connectivity index (χ0v) is 25.4. The van der Waals surface area contributed by atoms with Crippen LogP contribution in [0.4, 0.5) is 0 Å². The maximum absolute atomic E-state index is 6.69. The van der Waals surface area contributed by atoms with Gasteiger partial charge in [-0.25, -0.2) is 0 Å². The van der Waals surface area contributed by atoms with Gasteiger partial charge >= 0.3 is 0 Å². The zero-order chi connectivity index (χ0) is 26.8. The van der Waals surface area contributed by atoms with Gasteiger partial charge in [0.1, 0.15) is 0 Å². The summed E-state index contributed by atoms with van der Waals surface area (Å²) in [5, 5.41) is 3.49. The Bertz CT molecular complexity index is 1050. The molecule has 194 valence electrons. The van der Waals surface area contributed by atoms with Gasteiger partial charge in [0.2, 0.25) is 0 Å². The average Bonchev–Trinajstić information content (AvgIpc) is 2.80. The summed E-state index contributed by atoms with van der Waals surface area (Å²) in [4.78, 5) is 6.69. The molecule has 3 rings (SSSR count). The highest BCUT2D eigenvalue weighted by Gasteiger charge is 2.26. The second-order valence-electron chi connectivity index (χ2n) is 12.4. The van der Waals surface area contributed by atoms with E-state index in [0.717, 1.165) is 5.75 Å². The normalized spacial score (nSPS) is 12.3. The Kier molecular flexibility index (Phi) is 8.90. The highest BCUT2D eigenvalue weighted by Crippen LogP contribution is 2.47. The highest BCUT2D eigenvalue weighted by atomic mass is 28.3. The molecule has 0 aliphatic rings. The molecule has 0 atom stereocenters. The molecule has 3 aromatic carbocycles. The predicted molar refractivity (Wildman–Crippen MR) is 161 cm³/mol. The summed E-state index contributed by atoms with van der Waals surface area (Å²) in [5.41, 5.74) is 10.5. The molecule has 1 N–H and O–H groups in total. The summed E-state index contributed by atoms with van der Waals surface area (Å²) < 4.78 is 0. The largest absolute Gasteiger partial charge is 0.415 e. The molecular weight excluding hydrogens is 454 g/mol. The van der Waals surface area contributed by atoms with Crippen LogP contribution in [0.3, 0.4) is 0 Å². The lowest BCUT2D eigenvalue weighted by Gasteiger charge is -2.27. The molecule has 0 amide bonds. The summed E-state index contributed by atoms with van der Waals surface area (Å²) in [6.07, 6.45) is 0. The molecule has 36 heavy (non-hydrogen) atoms. The Morgan fingerprint density at radius 3 is 1.11 bits per heavy atom. The summed E-state index contributed by atoms with van der Waals surface area (Å²) in [6.45, 7) is 25.2. The van der Waals surface area contributed by atoms with Crippen molar-refractivity contribution >= 4 is 8.24 Å². The molecule has 0 radical (unpaired) electrons. The van der Waals surface area contributed by atoms with E-state index < -0.39 is 8.24 Å². The van der Waals surface area contributed by atoms with E-state index in [9.17, 15) is 0 Å². The van der Waals surface area contributed by atoms with Crippen LogP contribution in [0.15, 0.2) is 54.6 Å². The van der Waals surface area contributed by atoms with Gasteiger partial charge in [-0.1, -0.05) is 130 Å². The fraction of sp³-hybridized carbons (Fsp3) is 0.455. The number of hydrogen-bond acceptors (Lipinski definition) is 2. The van der Waals surface area contributed by atoms with E-state index in [1.54, 1.807) is 0 Å². The first kappa shape index (κ1) is 28.2. The first-order chi connectivity index (χ1) is 16.8. The molecule has 0 aliphatic carbocycles. The highest BCUT2D eigenvalue weighted by molar-refractivity contribution is 6.73. The molecule has 0 aromatic heterocycles. The van der Waals surface area contributed by atoms with E-state index in [4.69, 9.17) is 4.84 Å². The van der Waals surface area contributed by atoms with Crippen LogP contribution in [-0.4, -0.2) is 8.24 Å². The van der Waals surface area contributed by atoms with Crippen LogP contribution in [0.25, 0.3) is 22.3 Å². The third-order valence-corrected chi connectivity index (χ3v) is 7.47. The minimum Gasteiger partial charge on any atom is -0.415 e. The van der Waals surface area contributed by atoms with Gasteiger partial charge in [-0.3, -0.25) is 0 Å². The summed E-state index contributed by atoms with van der Waals surface area (Å²) in [7, 11) is -1.70. The van der Waals surface area contributed by atoms with Gasteiger partial charge in [-0.15, -0.1) is 0 Å². The fourth-order valence-electron chi connectivity index (χ4n) is 4.97. The summed E-state index contributed by atoms with van der Waals surface area (Å²) in [5.74, 6) is 2.59. The molecule has 0 aliphatic heterocycles. The standard InChI is InChI=1S/C33H47NOSi/c1-21(2)25-15-12-16-26(22(3)4)31(25)29-19-14-20-30(33(29)35-34-36(9,10)11)32-27(23(5)6)17-13-18-28(32)24(7)8/h12-24,34H,1-11H3. The van der Waals surface area contributed by atoms with Crippen LogP contribution < -0.4 is 9.98 Å². The van der Waals surface area contributed by atoms with Crippen LogP contribution in [0, 0.1) is 0 Å². The van der Waals surface area contributed by atoms with Crippen molar-refractivity contribution in [2.45, 2.75) is 98.7 Å². The minimum absolute atomic E-state index is 0.411. The molecule has 2 nitrogen and oxygen atoms in total. The molecule has 3 heteroatoms. The molecular formula is C33H47NOSi. The van der Waals surface area contributed by atoms with E-state index >= 15 is 0 Å². The smallest absolute Gasteiger partial charge is 0.161 e. The Labute approximate surface area is 221 Å². The van der Waals surface area contributed by atoms with Crippen molar-refractivity contribution < 1.29 is 4.84 Å². The molecule has 0 spiro atoms. The number of hydrogen-bond donors (Lipinski definition) is 1. The fourth-order valence-corrected chi connectivity index (χ4v) is 5.38. The first-order valence-electron chi connectivity index (χ1n) is 13.7. The lowest BCUT2D eigenvalue weighted by molar-refractivity contribution is 0.267. The van der Waals surface area contributed by atoms with Crippen molar-refractivity contribution in [1.29, 1.82) is 0 Å². The van der Waals surface area contributed by atoms with Crippen molar-refractivity contribution in [3.8, 4) is 28.0 Å². The average molecular weight is 502 g/mol. The molecule has 0 saturated heterocycles. The van der Waals surface area contributed by atoms with Gasteiger partial charge in [0.05, 0.1) is 0 Å². The van der Waals surface area contributed by atoms with Gasteiger partial charge in [0.25, 0.3) is 0 Å². The quantitative estimate of drug-likeness (QED) is 0.232. The van der Waals surface area contributed by atoms with E-state index in [1.165, 1.54) is 44.5 Å². The van der Waals surface area contributed by atoms with Gasteiger partial charge in [0, 0.05) is 11.1 Å². The zero-order valence-electron chi connectivity index (χ0n) is 24.4. The lowest BCUT2D eigenvalue weighted by atomic mass is 9.81. The Morgan fingerprint density at radius 2 is 0.833 bits per heavy atom. The second kappa shape index (κ2) is 11.4. The molecule has 0 saturated carbocycles. The van der Waals surface area contributed by atoms with Crippen molar-refractivity contribution in [3.63, 3.8) is 0 Å².